The first-order chi connectivity index (χ1) is 15.8. The molecule has 4 aromatic rings. The first kappa shape index (κ1) is 21.7. The van der Waals surface area contributed by atoms with Gasteiger partial charge in [0.15, 0.2) is 5.76 Å². The summed E-state index contributed by atoms with van der Waals surface area (Å²) in [6, 6.07) is 16.4. The first-order valence-electron chi connectivity index (χ1n) is 10.6. The van der Waals surface area contributed by atoms with E-state index in [0.29, 0.717) is 18.1 Å². The van der Waals surface area contributed by atoms with Crippen LogP contribution in [0.15, 0.2) is 67.9 Å². The van der Waals surface area contributed by atoms with Crippen molar-refractivity contribution >= 4 is 51.3 Å². The van der Waals surface area contributed by atoms with E-state index in [-0.39, 0.29) is 11.9 Å². The molecule has 0 bridgehead atoms. The average molecular weight is 485 g/mol. The van der Waals surface area contributed by atoms with Crippen molar-refractivity contribution in [2.24, 2.45) is 0 Å². The Morgan fingerprint density at radius 2 is 1.88 bits per heavy atom. The van der Waals surface area contributed by atoms with Gasteiger partial charge in [-0.3, -0.25) is 9.69 Å². The Balaban J connectivity index is 1.36. The third-order valence-electron chi connectivity index (χ3n) is 5.57. The Hall–Kier alpha value is -2.10. The van der Waals surface area contributed by atoms with Crippen molar-refractivity contribution in [3.05, 3.63) is 75.5 Å². The molecule has 5 nitrogen and oxygen atoms in total. The van der Waals surface area contributed by atoms with Crippen molar-refractivity contribution in [2.45, 2.75) is 16.0 Å². The number of carbonyl (C=O) groups excluding carboxylic acids is 1. The standard InChI is InChI=1S/C24H24N2O3S3/c27-24(25-15-19(21-7-3-13-30-21)26-9-11-28-12-10-26)23-18(16-32-22-8-4-14-31-22)17-5-1-2-6-20(17)29-23/h1-8,13-14,19H,9-12,15-16H2,(H,25,27). The number of ether oxygens (including phenoxy) is 1. The number of thioether (sulfide) groups is 1. The Labute approximate surface area is 199 Å². The Morgan fingerprint density at radius 3 is 2.66 bits per heavy atom. The summed E-state index contributed by atoms with van der Waals surface area (Å²) in [5, 5.41) is 8.32. The molecule has 0 aliphatic carbocycles. The number of para-hydroxylation sites is 1. The normalized spacial score (nSPS) is 15.8. The number of benzene rings is 1. The third-order valence-corrected chi connectivity index (χ3v) is 8.70. The van der Waals surface area contributed by atoms with E-state index < -0.39 is 0 Å². The second kappa shape index (κ2) is 10.2. The molecule has 0 saturated carbocycles. The van der Waals surface area contributed by atoms with Crippen LogP contribution in [0.25, 0.3) is 11.0 Å². The van der Waals surface area contributed by atoms with Crippen LogP contribution in [-0.4, -0.2) is 43.7 Å². The van der Waals surface area contributed by atoms with Crippen LogP contribution in [0.2, 0.25) is 0 Å². The van der Waals surface area contributed by atoms with E-state index in [1.165, 1.54) is 9.09 Å². The van der Waals surface area contributed by atoms with E-state index in [2.05, 4.69) is 39.2 Å². The lowest BCUT2D eigenvalue weighted by atomic mass is 10.1. The topological polar surface area (TPSA) is 54.7 Å². The van der Waals surface area contributed by atoms with Gasteiger partial charge in [-0.25, -0.2) is 0 Å². The average Bonchev–Trinajstić information content (AvgIpc) is 3.59. The number of amides is 1. The number of fused-ring (bicyclic) bond motifs is 1. The monoisotopic (exact) mass is 484 g/mol. The van der Waals surface area contributed by atoms with Crippen molar-refractivity contribution < 1.29 is 13.9 Å². The predicted octanol–water partition coefficient (Wildman–Crippen LogP) is 5.65. The number of nitrogens with one attached hydrogen (secondary N) is 1. The predicted molar refractivity (Wildman–Crippen MR) is 132 cm³/mol. The molecule has 1 N–H and O–H groups in total. The van der Waals surface area contributed by atoms with Crippen LogP contribution in [0.1, 0.15) is 27.0 Å². The highest BCUT2D eigenvalue weighted by atomic mass is 32.2. The summed E-state index contributed by atoms with van der Waals surface area (Å²) in [4.78, 5) is 16.9. The van der Waals surface area contributed by atoms with Gasteiger partial charge in [-0.2, -0.15) is 0 Å². The molecule has 1 unspecified atom stereocenters. The van der Waals surface area contributed by atoms with E-state index in [1.54, 1.807) is 34.4 Å². The van der Waals surface area contributed by atoms with Crippen LogP contribution in [0, 0.1) is 0 Å². The Morgan fingerprint density at radius 1 is 1.06 bits per heavy atom. The minimum Gasteiger partial charge on any atom is -0.451 e. The van der Waals surface area contributed by atoms with Gasteiger partial charge in [0.05, 0.1) is 23.5 Å². The highest BCUT2D eigenvalue weighted by Gasteiger charge is 2.26. The third kappa shape index (κ3) is 4.79. The molecule has 0 radical (unpaired) electrons. The lowest BCUT2D eigenvalue weighted by molar-refractivity contribution is 0.0168. The molecule has 0 spiro atoms. The van der Waals surface area contributed by atoms with Crippen molar-refractivity contribution in [1.29, 1.82) is 0 Å². The Bertz CT molecular complexity index is 1150. The summed E-state index contributed by atoms with van der Waals surface area (Å²) in [6.45, 7) is 3.72. The van der Waals surface area contributed by atoms with Crippen molar-refractivity contribution in [1.82, 2.24) is 10.2 Å². The van der Waals surface area contributed by atoms with Crippen molar-refractivity contribution in [2.75, 3.05) is 32.8 Å². The lowest BCUT2D eigenvalue weighted by Crippen LogP contribution is -2.43. The van der Waals surface area contributed by atoms with Crippen molar-refractivity contribution in [3.8, 4) is 0 Å². The zero-order valence-electron chi connectivity index (χ0n) is 17.5. The Kier molecular flexibility index (Phi) is 6.95. The molecular formula is C24H24N2O3S3. The SMILES string of the molecule is O=C(NCC(c1cccs1)N1CCOCC1)c1oc2ccccc2c1CSc1cccs1. The highest BCUT2D eigenvalue weighted by Crippen LogP contribution is 2.34. The summed E-state index contributed by atoms with van der Waals surface area (Å²) in [5.41, 5.74) is 1.71. The number of furan rings is 1. The summed E-state index contributed by atoms with van der Waals surface area (Å²) in [7, 11) is 0. The molecule has 3 aromatic heterocycles. The number of hydrogen-bond acceptors (Lipinski definition) is 7. The van der Waals surface area contributed by atoms with Crippen LogP contribution < -0.4 is 5.32 Å². The maximum absolute atomic E-state index is 13.3. The fourth-order valence-corrected chi connectivity index (χ4v) is 6.64. The van der Waals surface area contributed by atoms with E-state index in [4.69, 9.17) is 9.15 Å². The van der Waals surface area contributed by atoms with Gasteiger partial charge >= 0.3 is 0 Å². The number of morpholine rings is 1. The van der Waals surface area contributed by atoms with Gasteiger partial charge in [0.2, 0.25) is 0 Å². The molecule has 1 fully saturated rings. The second-order valence-electron chi connectivity index (χ2n) is 7.52. The van der Waals surface area contributed by atoms with E-state index in [0.717, 1.165) is 42.8 Å². The fourth-order valence-electron chi connectivity index (χ4n) is 3.96. The van der Waals surface area contributed by atoms with Gasteiger partial charge in [0.1, 0.15) is 5.58 Å². The molecular weight excluding hydrogens is 460 g/mol. The second-order valence-corrected chi connectivity index (χ2v) is 10.7. The summed E-state index contributed by atoms with van der Waals surface area (Å²) < 4.78 is 12.8. The van der Waals surface area contributed by atoms with Crippen LogP contribution in [0.4, 0.5) is 0 Å². The number of rotatable bonds is 8. The zero-order valence-corrected chi connectivity index (χ0v) is 19.9. The first-order valence-corrected chi connectivity index (χ1v) is 13.3. The van der Waals surface area contributed by atoms with E-state index >= 15 is 0 Å². The zero-order chi connectivity index (χ0) is 21.8. The van der Waals surface area contributed by atoms with Crippen LogP contribution >= 0.6 is 34.4 Å². The van der Waals surface area contributed by atoms with Gasteiger partial charge in [-0.15, -0.1) is 34.4 Å². The molecule has 1 aromatic carbocycles. The molecule has 1 atom stereocenters. The maximum Gasteiger partial charge on any atom is 0.287 e. The lowest BCUT2D eigenvalue weighted by Gasteiger charge is -2.34. The molecule has 1 aliphatic heterocycles. The summed E-state index contributed by atoms with van der Waals surface area (Å²) in [5.74, 6) is 0.956. The minimum absolute atomic E-state index is 0.135. The molecule has 1 amide bonds. The summed E-state index contributed by atoms with van der Waals surface area (Å²) in [6.07, 6.45) is 0. The molecule has 1 aliphatic rings. The quantitative estimate of drug-likeness (QED) is 0.328. The maximum atomic E-state index is 13.3. The number of nitrogens with zero attached hydrogens (tertiary/aromatic N) is 1. The van der Waals surface area contributed by atoms with E-state index in [1.807, 2.05) is 30.3 Å². The van der Waals surface area contributed by atoms with Crippen LogP contribution in [-0.2, 0) is 10.5 Å². The minimum atomic E-state index is -0.155. The van der Waals surface area contributed by atoms with Gasteiger partial charge in [0.25, 0.3) is 5.91 Å². The van der Waals surface area contributed by atoms with E-state index in [9.17, 15) is 4.79 Å². The van der Waals surface area contributed by atoms with Gasteiger partial charge in [0, 0.05) is 41.2 Å². The van der Waals surface area contributed by atoms with Gasteiger partial charge in [-0.05, 0) is 29.0 Å². The summed E-state index contributed by atoms with van der Waals surface area (Å²) >= 11 is 5.17. The molecule has 5 rings (SSSR count). The number of thiophene rings is 2. The fraction of sp³-hybridized carbons (Fsp3) is 0.292. The molecule has 1 saturated heterocycles. The van der Waals surface area contributed by atoms with Gasteiger partial charge < -0.3 is 14.5 Å². The highest BCUT2D eigenvalue weighted by molar-refractivity contribution is 8.00. The number of hydrogen-bond donors (Lipinski definition) is 1. The molecule has 32 heavy (non-hydrogen) atoms. The molecule has 8 heteroatoms. The van der Waals surface area contributed by atoms with Gasteiger partial charge in [-0.1, -0.05) is 30.3 Å². The largest absolute Gasteiger partial charge is 0.451 e. The van der Waals surface area contributed by atoms with Crippen molar-refractivity contribution in [3.63, 3.8) is 0 Å². The molecule has 166 valence electrons. The van der Waals surface area contributed by atoms with Crippen LogP contribution in [0.5, 0.6) is 0 Å². The molecule has 4 heterocycles. The smallest absolute Gasteiger partial charge is 0.287 e. The van der Waals surface area contributed by atoms with Crippen LogP contribution in [0.3, 0.4) is 0 Å². The number of carbonyl (C=O) groups is 1.